The van der Waals surface area contributed by atoms with E-state index in [0.29, 0.717) is 16.8 Å². The molecule has 6 nitrogen and oxygen atoms in total. The fourth-order valence-corrected chi connectivity index (χ4v) is 3.81. The van der Waals surface area contributed by atoms with Crippen molar-refractivity contribution in [3.8, 4) is 0 Å². The second kappa shape index (κ2) is 8.18. The summed E-state index contributed by atoms with van der Waals surface area (Å²) in [5.74, 6) is -0.721. The number of pyridine rings is 1. The smallest absolute Gasteiger partial charge is 0.321 e. The van der Waals surface area contributed by atoms with Crippen LogP contribution in [0.15, 0.2) is 60.3 Å². The highest BCUT2D eigenvalue weighted by Gasteiger charge is 2.30. The predicted molar refractivity (Wildman–Crippen MR) is 118 cm³/mol. The Bertz CT molecular complexity index is 1200. The van der Waals surface area contributed by atoms with Gasteiger partial charge in [0, 0.05) is 30.0 Å². The number of aryl methyl sites for hydroxylation is 2. The standard InChI is InChI=1S/C24H23FN4O2/c1-4-17-18-10-5-14(2)26-21(18)12-11-20(17)27-23(30)19-13-29(3)24(31)28-22(19)15-6-8-16(25)9-7-15/h5-13,22H,4H2,1-3H3,(H,27,30)(H,28,31)/t22-/m0/s1. The molecule has 1 aromatic heterocycles. The molecular formula is C24H23FN4O2. The first-order valence-electron chi connectivity index (χ1n) is 10.1. The van der Waals surface area contributed by atoms with Crippen molar-refractivity contribution >= 4 is 28.5 Å². The van der Waals surface area contributed by atoms with Crippen LogP contribution in [-0.4, -0.2) is 28.9 Å². The highest BCUT2D eigenvalue weighted by Crippen LogP contribution is 2.30. The highest BCUT2D eigenvalue weighted by molar-refractivity contribution is 6.07. The number of nitrogens with one attached hydrogen (secondary N) is 2. The van der Waals surface area contributed by atoms with Crippen LogP contribution in [0.4, 0.5) is 14.9 Å². The molecule has 0 saturated carbocycles. The summed E-state index contributed by atoms with van der Waals surface area (Å²) in [6, 6.07) is 12.4. The minimum atomic E-state index is -0.681. The molecule has 0 aliphatic carbocycles. The Morgan fingerprint density at radius 3 is 2.61 bits per heavy atom. The Kier molecular flexibility index (Phi) is 5.42. The van der Waals surface area contributed by atoms with Gasteiger partial charge in [-0.3, -0.25) is 9.78 Å². The molecule has 2 heterocycles. The Balaban J connectivity index is 1.70. The van der Waals surface area contributed by atoms with Crippen molar-refractivity contribution in [1.82, 2.24) is 15.2 Å². The Morgan fingerprint density at radius 2 is 1.90 bits per heavy atom. The number of carbonyl (C=O) groups is 2. The number of urea groups is 1. The summed E-state index contributed by atoms with van der Waals surface area (Å²) in [5.41, 5.74) is 4.48. The van der Waals surface area contributed by atoms with Crippen LogP contribution in [0.5, 0.6) is 0 Å². The lowest BCUT2D eigenvalue weighted by Gasteiger charge is -2.30. The second-order valence-corrected chi connectivity index (χ2v) is 7.55. The lowest BCUT2D eigenvalue weighted by molar-refractivity contribution is -0.113. The summed E-state index contributed by atoms with van der Waals surface area (Å²) in [7, 11) is 1.57. The van der Waals surface area contributed by atoms with Gasteiger partial charge in [0.2, 0.25) is 0 Å². The molecule has 0 bridgehead atoms. The molecular weight excluding hydrogens is 395 g/mol. The minimum absolute atomic E-state index is 0.338. The number of carbonyl (C=O) groups excluding carboxylic acids is 2. The van der Waals surface area contributed by atoms with E-state index < -0.39 is 6.04 Å². The Morgan fingerprint density at radius 1 is 1.16 bits per heavy atom. The first-order valence-corrected chi connectivity index (χ1v) is 10.1. The van der Waals surface area contributed by atoms with E-state index in [9.17, 15) is 14.0 Å². The molecule has 1 atom stereocenters. The van der Waals surface area contributed by atoms with Crippen LogP contribution >= 0.6 is 0 Å². The first-order chi connectivity index (χ1) is 14.9. The van der Waals surface area contributed by atoms with Crippen LogP contribution in [0.1, 0.15) is 29.8 Å². The number of rotatable bonds is 4. The first kappa shape index (κ1) is 20.5. The van der Waals surface area contributed by atoms with Crippen LogP contribution in [0.2, 0.25) is 0 Å². The average molecular weight is 418 g/mol. The number of nitrogens with zero attached hydrogens (tertiary/aromatic N) is 2. The second-order valence-electron chi connectivity index (χ2n) is 7.55. The van der Waals surface area contributed by atoms with E-state index >= 15 is 0 Å². The third-order valence-corrected chi connectivity index (χ3v) is 5.42. The Labute approximate surface area is 179 Å². The molecule has 0 saturated heterocycles. The zero-order chi connectivity index (χ0) is 22.1. The summed E-state index contributed by atoms with van der Waals surface area (Å²) >= 11 is 0. The number of hydrogen-bond donors (Lipinski definition) is 2. The third-order valence-electron chi connectivity index (χ3n) is 5.42. The van der Waals surface area contributed by atoms with Crippen molar-refractivity contribution in [3.05, 3.63) is 82.9 Å². The molecule has 1 aliphatic heterocycles. The average Bonchev–Trinajstić information content (AvgIpc) is 2.75. The number of fused-ring (bicyclic) bond motifs is 1. The molecule has 0 fully saturated rings. The lowest BCUT2D eigenvalue weighted by Crippen LogP contribution is -2.44. The predicted octanol–water partition coefficient (Wildman–Crippen LogP) is 4.46. The van der Waals surface area contributed by atoms with Crippen molar-refractivity contribution in [2.24, 2.45) is 0 Å². The normalized spacial score (nSPS) is 16.1. The monoisotopic (exact) mass is 418 g/mol. The molecule has 7 heteroatoms. The third kappa shape index (κ3) is 3.99. The lowest BCUT2D eigenvalue weighted by atomic mass is 9.96. The number of halogens is 1. The molecule has 2 aromatic carbocycles. The van der Waals surface area contributed by atoms with E-state index in [0.717, 1.165) is 28.6 Å². The molecule has 158 valence electrons. The van der Waals surface area contributed by atoms with E-state index in [1.54, 1.807) is 19.2 Å². The van der Waals surface area contributed by atoms with E-state index in [-0.39, 0.29) is 17.8 Å². The van der Waals surface area contributed by atoms with Crippen LogP contribution in [-0.2, 0) is 11.2 Å². The number of hydrogen-bond acceptors (Lipinski definition) is 3. The topological polar surface area (TPSA) is 74.3 Å². The van der Waals surface area contributed by atoms with Gasteiger partial charge in [-0.25, -0.2) is 9.18 Å². The van der Waals surface area contributed by atoms with Gasteiger partial charge in [0.15, 0.2) is 0 Å². The summed E-state index contributed by atoms with van der Waals surface area (Å²) in [6.07, 6.45) is 2.23. The summed E-state index contributed by atoms with van der Waals surface area (Å²) in [6.45, 7) is 3.97. The molecule has 3 aromatic rings. The van der Waals surface area contributed by atoms with Gasteiger partial charge in [-0.2, -0.15) is 0 Å². The molecule has 4 rings (SSSR count). The van der Waals surface area contributed by atoms with E-state index in [1.165, 1.54) is 23.2 Å². The van der Waals surface area contributed by atoms with Gasteiger partial charge in [-0.05, 0) is 54.8 Å². The van der Waals surface area contributed by atoms with Gasteiger partial charge in [-0.1, -0.05) is 25.1 Å². The number of amides is 3. The molecule has 3 amide bonds. The van der Waals surface area contributed by atoms with Gasteiger partial charge < -0.3 is 15.5 Å². The minimum Gasteiger partial charge on any atom is -0.327 e. The largest absolute Gasteiger partial charge is 0.327 e. The number of aromatic nitrogens is 1. The van der Waals surface area contributed by atoms with Crippen molar-refractivity contribution in [2.45, 2.75) is 26.3 Å². The van der Waals surface area contributed by atoms with Gasteiger partial charge in [0.05, 0.1) is 17.1 Å². The van der Waals surface area contributed by atoms with E-state index in [4.69, 9.17) is 0 Å². The summed E-state index contributed by atoms with van der Waals surface area (Å²) in [5, 5.41) is 6.80. The van der Waals surface area contributed by atoms with Crippen LogP contribution in [0.25, 0.3) is 10.9 Å². The number of anilines is 1. The summed E-state index contributed by atoms with van der Waals surface area (Å²) < 4.78 is 13.4. The van der Waals surface area contributed by atoms with Crippen molar-refractivity contribution in [2.75, 3.05) is 12.4 Å². The van der Waals surface area contributed by atoms with Crippen LogP contribution in [0, 0.1) is 12.7 Å². The summed E-state index contributed by atoms with van der Waals surface area (Å²) in [4.78, 5) is 31.4. The zero-order valence-electron chi connectivity index (χ0n) is 17.6. The van der Waals surface area contributed by atoms with Crippen LogP contribution < -0.4 is 10.6 Å². The fourth-order valence-electron chi connectivity index (χ4n) is 3.81. The molecule has 0 unspecified atom stereocenters. The molecule has 1 aliphatic rings. The molecule has 31 heavy (non-hydrogen) atoms. The molecule has 0 radical (unpaired) electrons. The van der Waals surface area contributed by atoms with Crippen molar-refractivity contribution in [1.29, 1.82) is 0 Å². The maximum Gasteiger partial charge on any atom is 0.321 e. The maximum atomic E-state index is 13.4. The quantitative estimate of drug-likeness (QED) is 0.657. The fraction of sp³-hybridized carbons (Fsp3) is 0.208. The Hall–Kier alpha value is -3.74. The van der Waals surface area contributed by atoms with Crippen molar-refractivity contribution < 1.29 is 14.0 Å². The van der Waals surface area contributed by atoms with Crippen LogP contribution in [0.3, 0.4) is 0 Å². The number of benzene rings is 2. The van der Waals surface area contributed by atoms with E-state index in [2.05, 4.69) is 15.6 Å². The van der Waals surface area contributed by atoms with Gasteiger partial charge in [0.25, 0.3) is 5.91 Å². The molecule has 2 N–H and O–H groups in total. The highest BCUT2D eigenvalue weighted by atomic mass is 19.1. The van der Waals surface area contributed by atoms with Gasteiger partial charge >= 0.3 is 6.03 Å². The zero-order valence-corrected chi connectivity index (χ0v) is 17.6. The SMILES string of the molecule is CCc1c(NC(=O)C2=CN(C)C(=O)N[C@H]2c2ccc(F)cc2)ccc2nc(C)ccc12. The molecule has 0 spiro atoms. The van der Waals surface area contributed by atoms with Gasteiger partial charge in [0.1, 0.15) is 5.82 Å². The van der Waals surface area contributed by atoms with Crippen molar-refractivity contribution in [3.63, 3.8) is 0 Å². The van der Waals surface area contributed by atoms with E-state index in [1.807, 2.05) is 38.1 Å². The van der Waals surface area contributed by atoms with Gasteiger partial charge in [-0.15, -0.1) is 0 Å². The maximum absolute atomic E-state index is 13.4.